The smallest absolute Gasteiger partial charge is 0.341 e. The normalized spacial score (nSPS) is 52.3. The van der Waals surface area contributed by atoms with Gasteiger partial charge in [-0.3, -0.25) is 0 Å². The fraction of sp³-hybridized carbons (Fsp3) is 1.00. The first-order valence-electron chi connectivity index (χ1n) is 9.59. The molecule has 0 aromatic heterocycles. The van der Waals surface area contributed by atoms with E-state index in [1.807, 2.05) is 0 Å². The van der Waals surface area contributed by atoms with Crippen molar-refractivity contribution in [1.82, 2.24) is 0 Å². The molecular weight excluding hydrogens is 433 g/mol. The zero-order valence-corrected chi connectivity index (χ0v) is 17.3. The maximum absolute atomic E-state index is 14.3. The number of halogens is 4. The van der Waals surface area contributed by atoms with Crippen molar-refractivity contribution in [3.63, 3.8) is 0 Å². The lowest BCUT2D eigenvalue weighted by molar-refractivity contribution is -0.598. The van der Waals surface area contributed by atoms with Crippen LogP contribution in [-0.4, -0.2) is 41.6 Å². The molecule has 5 nitrogen and oxygen atoms in total. The predicted molar refractivity (Wildman–Crippen MR) is 91.6 cm³/mol. The Hall–Kier alpha value is 0.0700. The molecule has 4 heterocycles. The maximum atomic E-state index is 14.3. The van der Waals surface area contributed by atoms with Gasteiger partial charge in [-0.05, 0) is 38.0 Å². The van der Waals surface area contributed by atoms with Gasteiger partial charge in [0, 0.05) is 23.6 Å². The summed E-state index contributed by atoms with van der Waals surface area (Å²) in [7, 11) is 0. The van der Waals surface area contributed by atoms with Gasteiger partial charge in [-0.15, -0.1) is 0 Å². The van der Waals surface area contributed by atoms with E-state index in [9.17, 15) is 13.2 Å². The van der Waals surface area contributed by atoms with E-state index in [4.69, 9.17) is 24.0 Å². The molecule has 4 saturated heterocycles. The third-order valence-corrected chi connectivity index (χ3v) is 7.37. The lowest BCUT2D eigenvalue weighted by Gasteiger charge is -2.62. The number of rotatable bonds is 3. The van der Waals surface area contributed by atoms with Crippen LogP contribution in [-0.2, 0) is 24.0 Å². The Bertz CT molecular complexity index is 592. The second-order valence-corrected chi connectivity index (χ2v) is 9.31. The number of fused-ring (bicyclic) bond motifs is 2. The zero-order chi connectivity index (χ0) is 19.7. The second kappa shape index (κ2) is 6.54. The lowest BCUT2D eigenvalue weighted by atomic mass is 9.57. The van der Waals surface area contributed by atoms with E-state index in [-0.39, 0.29) is 23.8 Å². The fourth-order valence-electron chi connectivity index (χ4n) is 5.68. The third kappa shape index (κ3) is 2.75. The summed E-state index contributed by atoms with van der Waals surface area (Å²) < 4.78 is 59.9. The van der Waals surface area contributed by atoms with Gasteiger partial charge in [0.05, 0.1) is 6.61 Å². The summed E-state index contributed by atoms with van der Waals surface area (Å²) in [6.45, 7) is 5.23. The topological polar surface area (TPSA) is 46.2 Å². The molecule has 5 fully saturated rings. The summed E-state index contributed by atoms with van der Waals surface area (Å²) in [6.07, 6.45) is -3.16. The highest BCUT2D eigenvalue weighted by molar-refractivity contribution is 9.09. The van der Waals surface area contributed by atoms with Gasteiger partial charge in [0.2, 0.25) is 5.79 Å². The molecule has 5 aliphatic rings. The van der Waals surface area contributed by atoms with E-state index in [0.29, 0.717) is 12.8 Å². The van der Waals surface area contributed by atoms with Crippen LogP contribution >= 0.6 is 15.9 Å². The summed E-state index contributed by atoms with van der Waals surface area (Å²) in [5.41, 5.74) is -1.04. The average molecular weight is 459 g/mol. The number of hydrogen-bond donors (Lipinski definition) is 0. The minimum Gasteiger partial charge on any atom is -0.341 e. The van der Waals surface area contributed by atoms with Crippen LogP contribution in [0.4, 0.5) is 13.2 Å². The lowest BCUT2D eigenvalue weighted by Crippen LogP contribution is -2.76. The summed E-state index contributed by atoms with van der Waals surface area (Å²) >= 11 is 3.15. The molecule has 1 saturated carbocycles. The van der Waals surface area contributed by atoms with Crippen molar-refractivity contribution in [2.24, 2.45) is 23.7 Å². The van der Waals surface area contributed by atoms with Crippen molar-refractivity contribution in [3.8, 4) is 0 Å². The van der Waals surface area contributed by atoms with Crippen molar-refractivity contribution in [1.29, 1.82) is 0 Å². The minimum absolute atomic E-state index is 0.00966. The fourth-order valence-corrected chi connectivity index (χ4v) is 5.84. The minimum atomic E-state index is -4.70. The van der Waals surface area contributed by atoms with Gasteiger partial charge in [0.15, 0.2) is 11.9 Å². The van der Waals surface area contributed by atoms with Crippen LogP contribution < -0.4 is 0 Å². The third-order valence-electron chi connectivity index (χ3n) is 7.05. The van der Waals surface area contributed by atoms with Crippen LogP contribution in [0.5, 0.6) is 0 Å². The van der Waals surface area contributed by atoms with Crippen LogP contribution in [0, 0.1) is 23.7 Å². The van der Waals surface area contributed by atoms with Gasteiger partial charge in [-0.1, -0.05) is 29.8 Å². The van der Waals surface area contributed by atoms with Crippen molar-refractivity contribution >= 4 is 15.9 Å². The van der Waals surface area contributed by atoms with Gasteiger partial charge in [0.1, 0.15) is 0 Å². The highest BCUT2D eigenvalue weighted by atomic mass is 79.9. The second-order valence-electron chi connectivity index (χ2n) is 8.52. The first-order valence-corrected chi connectivity index (χ1v) is 10.7. The highest BCUT2D eigenvalue weighted by Crippen LogP contribution is 2.64. The Kier molecular flexibility index (Phi) is 4.93. The standard InChI is InChI=1S/C18H26BrF3O5/c1-10-4-5-13-11(2)17(18(20,21)22,23-9-8-19)25-14-16(13)12(10)6-7-15(3,24-14)26-27-16/h10-14H,4-9H2,1-3H3/t10-,11-,12+,13+,14+,15-,16-,17-/m1/s1. The van der Waals surface area contributed by atoms with Crippen LogP contribution in [0.1, 0.15) is 46.5 Å². The predicted octanol–water partition coefficient (Wildman–Crippen LogP) is 4.54. The van der Waals surface area contributed by atoms with Gasteiger partial charge in [0.25, 0.3) is 5.79 Å². The maximum Gasteiger partial charge on any atom is 0.443 e. The van der Waals surface area contributed by atoms with Gasteiger partial charge in [-0.2, -0.15) is 13.2 Å². The molecule has 2 bridgehead atoms. The molecule has 0 radical (unpaired) electrons. The molecule has 0 aromatic carbocycles. The summed E-state index contributed by atoms with van der Waals surface area (Å²) in [5, 5.41) is 0.277. The van der Waals surface area contributed by atoms with Crippen LogP contribution in [0.15, 0.2) is 0 Å². The molecule has 0 amide bonds. The van der Waals surface area contributed by atoms with Crippen molar-refractivity contribution in [2.75, 3.05) is 11.9 Å². The molecule has 27 heavy (non-hydrogen) atoms. The number of hydrogen-bond acceptors (Lipinski definition) is 5. The zero-order valence-electron chi connectivity index (χ0n) is 15.7. The van der Waals surface area contributed by atoms with Gasteiger partial charge < -0.3 is 14.2 Å². The van der Waals surface area contributed by atoms with Gasteiger partial charge in [-0.25, -0.2) is 9.78 Å². The molecule has 1 aliphatic carbocycles. The monoisotopic (exact) mass is 458 g/mol. The molecule has 0 unspecified atom stereocenters. The molecule has 9 heteroatoms. The Morgan fingerprint density at radius 1 is 1.07 bits per heavy atom. The van der Waals surface area contributed by atoms with Crippen LogP contribution in [0.25, 0.3) is 0 Å². The molecular formula is C18H26BrF3O5. The molecule has 5 rings (SSSR count). The van der Waals surface area contributed by atoms with Crippen LogP contribution in [0.2, 0.25) is 0 Å². The Morgan fingerprint density at radius 3 is 2.48 bits per heavy atom. The summed E-state index contributed by atoms with van der Waals surface area (Å²) in [5.74, 6) is -4.96. The van der Waals surface area contributed by atoms with Gasteiger partial charge >= 0.3 is 6.18 Å². The van der Waals surface area contributed by atoms with Crippen molar-refractivity contribution in [3.05, 3.63) is 0 Å². The van der Waals surface area contributed by atoms with E-state index < -0.39 is 41.5 Å². The van der Waals surface area contributed by atoms with E-state index in [1.54, 1.807) is 13.8 Å². The SMILES string of the molecule is C[C@@H]1CC[C@H]2[C@@H](C)[C@](OCCBr)(C(F)(F)F)O[C@@H]3O[C@@]4(C)CC[C@@H]1[C@]32OO4. The molecule has 0 N–H and O–H groups in total. The number of alkyl halides is 4. The van der Waals surface area contributed by atoms with Crippen molar-refractivity contribution < 1.29 is 37.2 Å². The molecule has 1 spiro atoms. The Labute approximate surface area is 165 Å². The van der Waals surface area contributed by atoms with E-state index >= 15 is 0 Å². The average Bonchev–Trinajstić information content (AvgIpc) is 2.82. The van der Waals surface area contributed by atoms with Crippen molar-refractivity contribution in [2.45, 2.75) is 76.1 Å². The molecule has 156 valence electrons. The van der Waals surface area contributed by atoms with E-state index in [2.05, 4.69) is 22.9 Å². The summed E-state index contributed by atoms with van der Waals surface area (Å²) in [6, 6.07) is 0. The highest BCUT2D eigenvalue weighted by Gasteiger charge is 2.77. The molecule has 0 aromatic rings. The van der Waals surface area contributed by atoms with Crippen LogP contribution in [0.3, 0.4) is 0 Å². The Morgan fingerprint density at radius 2 is 1.81 bits per heavy atom. The first-order chi connectivity index (χ1) is 12.6. The van der Waals surface area contributed by atoms with E-state index in [0.717, 1.165) is 12.8 Å². The first kappa shape index (κ1) is 20.3. The largest absolute Gasteiger partial charge is 0.443 e. The Balaban J connectivity index is 1.82. The quantitative estimate of drug-likeness (QED) is 0.458. The number of ether oxygens (including phenoxy) is 3. The molecule has 8 atom stereocenters. The summed E-state index contributed by atoms with van der Waals surface area (Å²) in [4.78, 5) is 11.5. The molecule has 4 aliphatic heterocycles. The van der Waals surface area contributed by atoms with E-state index in [1.165, 1.54) is 0 Å².